The zero-order chi connectivity index (χ0) is 17.1. The van der Waals surface area contributed by atoms with E-state index < -0.39 is 0 Å². The molecule has 0 aliphatic heterocycles. The molecule has 0 bridgehead atoms. The van der Waals surface area contributed by atoms with E-state index in [4.69, 9.17) is 11.6 Å². The van der Waals surface area contributed by atoms with Crippen molar-refractivity contribution in [1.82, 2.24) is 10.2 Å². The molecule has 2 aromatic rings. The van der Waals surface area contributed by atoms with Crippen LogP contribution in [0.4, 0.5) is 0 Å². The lowest BCUT2D eigenvalue weighted by atomic mass is 10.1. The van der Waals surface area contributed by atoms with Gasteiger partial charge in [-0.1, -0.05) is 23.7 Å². The number of nitrogens with one attached hydrogen (secondary N) is 1. The van der Waals surface area contributed by atoms with E-state index in [1.807, 2.05) is 17.0 Å². The molecule has 2 aromatic carbocycles. The summed E-state index contributed by atoms with van der Waals surface area (Å²) >= 11 is 5.90. The summed E-state index contributed by atoms with van der Waals surface area (Å²) in [4.78, 5) is 26.3. The zero-order valence-electron chi connectivity index (χ0n) is 13.5. The van der Waals surface area contributed by atoms with Gasteiger partial charge in [0.25, 0.3) is 11.8 Å². The quantitative estimate of drug-likeness (QED) is 0.904. The lowest BCUT2D eigenvalue weighted by molar-refractivity contribution is 0.0729. The van der Waals surface area contributed by atoms with Crippen LogP contribution < -0.4 is 5.32 Å². The van der Waals surface area contributed by atoms with E-state index in [9.17, 15) is 9.59 Å². The molecule has 24 heavy (non-hydrogen) atoms. The van der Waals surface area contributed by atoms with E-state index in [2.05, 4.69) is 5.32 Å². The fraction of sp³-hybridized carbons (Fsp3) is 0.263. The summed E-state index contributed by atoms with van der Waals surface area (Å²) in [6, 6.07) is 14.6. The van der Waals surface area contributed by atoms with Gasteiger partial charge in [0.2, 0.25) is 0 Å². The van der Waals surface area contributed by atoms with Gasteiger partial charge in [0, 0.05) is 35.8 Å². The van der Waals surface area contributed by atoms with Crippen LogP contribution in [0.3, 0.4) is 0 Å². The third-order valence-corrected chi connectivity index (χ3v) is 4.39. The summed E-state index contributed by atoms with van der Waals surface area (Å²) < 4.78 is 0. The molecule has 0 unspecified atom stereocenters. The van der Waals surface area contributed by atoms with Gasteiger partial charge in [0.15, 0.2) is 0 Å². The first kappa shape index (κ1) is 16.5. The maximum atomic E-state index is 12.8. The van der Waals surface area contributed by atoms with Crippen LogP contribution in [0.15, 0.2) is 48.5 Å². The monoisotopic (exact) mass is 342 g/mol. The second-order valence-electron chi connectivity index (χ2n) is 5.95. The van der Waals surface area contributed by atoms with Gasteiger partial charge in [0.05, 0.1) is 0 Å². The van der Waals surface area contributed by atoms with Crippen LogP contribution in [0.5, 0.6) is 0 Å². The predicted molar refractivity (Wildman–Crippen MR) is 94.2 cm³/mol. The molecule has 0 saturated heterocycles. The molecule has 0 aromatic heterocycles. The molecule has 3 rings (SSSR count). The SMILES string of the molecule is CNC(=O)c1ccc(CN(C(=O)c2ccc(Cl)cc2)C2CC2)cc1. The predicted octanol–water partition coefficient (Wildman–Crippen LogP) is 3.50. The standard InChI is InChI=1S/C19H19ClN2O2/c1-21-18(23)14-4-2-13(3-5-14)12-22(17-10-11-17)19(24)15-6-8-16(20)9-7-15/h2-9,17H,10-12H2,1H3,(H,21,23). The first-order valence-corrected chi connectivity index (χ1v) is 8.34. The Labute approximate surface area is 146 Å². The van der Waals surface area contributed by atoms with Crippen molar-refractivity contribution >= 4 is 23.4 Å². The molecular formula is C19H19ClN2O2. The van der Waals surface area contributed by atoms with Crippen molar-refractivity contribution in [2.45, 2.75) is 25.4 Å². The van der Waals surface area contributed by atoms with Gasteiger partial charge in [-0.2, -0.15) is 0 Å². The topological polar surface area (TPSA) is 49.4 Å². The van der Waals surface area contributed by atoms with Gasteiger partial charge in [0.1, 0.15) is 0 Å². The van der Waals surface area contributed by atoms with E-state index in [1.54, 1.807) is 43.4 Å². The number of carbonyl (C=O) groups is 2. The Bertz CT molecular complexity index is 737. The number of rotatable bonds is 5. The summed E-state index contributed by atoms with van der Waals surface area (Å²) in [6.07, 6.45) is 2.07. The number of halogens is 1. The number of nitrogens with zero attached hydrogens (tertiary/aromatic N) is 1. The van der Waals surface area contributed by atoms with Crippen molar-refractivity contribution in [3.63, 3.8) is 0 Å². The second kappa shape index (κ2) is 7.05. The molecular weight excluding hydrogens is 324 g/mol. The maximum Gasteiger partial charge on any atom is 0.254 e. The Hall–Kier alpha value is -2.33. The highest BCUT2D eigenvalue weighted by Crippen LogP contribution is 2.30. The lowest BCUT2D eigenvalue weighted by Crippen LogP contribution is -2.32. The number of hydrogen-bond donors (Lipinski definition) is 1. The van der Waals surface area contributed by atoms with Crippen molar-refractivity contribution in [2.75, 3.05) is 7.05 Å². The molecule has 4 nitrogen and oxygen atoms in total. The molecule has 0 radical (unpaired) electrons. The third-order valence-electron chi connectivity index (χ3n) is 4.14. The minimum Gasteiger partial charge on any atom is -0.355 e. The van der Waals surface area contributed by atoms with E-state index in [0.717, 1.165) is 18.4 Å². The first-order chi connectivity index (χ1) is 11.6. The molecule has 1 aliphatic rings. The smallest absolute Gasteiger partial charge is 0.254 e. The van der Waals surface area contributed by atoms with Gasteiger partial charge in [-0.15, -0.1) is 0 Å². The maximum absolute atomic E-state index is 12.8. The van der Waals surface area contributed by atoms with E-state index in [1.165, 1.54) is 0 Å². The summed E-state index contributed by atoms with van der Waals surface area (Å²) in [5.41, 5.74) is 2.27. The van der Waals surface area contributed by atoms with E-state index in [0.29, 0.717) is 28.7 Å². The highest BCUT2D eigenvalue weighted by molar-refractivity contribution is 6.30. The third kappa shape index (κ3) is 3.77. The molecule has 2 amide bonds. The van der Waals surface area contributed by atoms with Crippen molar-refractivity contribution in [3.05, 3.63) is 70.2 Å². The van der Waals surface area contributed by atoms with Crippen molar-refractivity contribution in [1.29, 1.82) is 0 Å². The molecule has 1 N–H and O–H groups in total. The fourth-order valence-corrected chi connectivity index (χ4v) is 2.74. The van der Waals surface area contributed by atoms with Gasteiger partial charge in [-0.25, -0.2) is 0 Å². The highest BCUT2D eigenvalue weighted by Gasteiger charge is 2.33. The van der Waals surface area contributed by atoms with Crippen LogP contribution in [-0.2, 0) is 6.54 Å². The van der Waals surface area contributed by atoms with Crippen LogP contribution in [0.2, 0.25) is 5.02 Å². The van der Waals surface area contributed by atoms with Gasteiger partial charge < -0.3 is 10.2 Å². The average Bonchev–Trinajstić information content (AvgIpc) is 3.44. The Kier molecular flexibility index (Phi) is 4.86. The first-order valence-electron chi connectivity index (χ1n) is 7.96. The lowest BCUT2D eigenvalue weighted by Gasteiger charge is -2.23. The van der Waals surface area contributed by atoms with Crippen LogP contribution in [0.25, 0.3) is 0 Å². The highest BCUT2D eigenvalue weighted by atomic mass is 35.5. The number of benzene rings is 2. The average molecular weight is 343 g/mol. The Balaban J connectivity index is 1.75. The molecule has 1 saturated carbocycles. The van der Waals surface area contributed by atoms with Crippen LogP contribution in [0, 0.1) is 0 Å². The van der Waals surface area contributed by atoms with Crippen molar-refractivity contribution in [2.24, 2.45) is 0 Å². The molecule has 0 atom stereocenters. The summed E-state index contributed by atoms with van der Waals surface area (Å²) in [5, 5.41) is 3.22. The summed E-state index contributed by atoms with van der Waals surface area (Å²) in [5.74, 6) is -0.0950. The Morgan fingerprint density at radius 3 is 2.17 bits per heavy atom. The summed E-state index contributed by atoms with van der Waals surface area (Å²) in [6.45, 7) is 0.542. The molecule has 5 heteroatoms. The largest absolute Gasteiger partial charge is 0.355 e. The van der Waals surface area contributed by atoms with Gasteiger partial charge in [-0.05, 0) is 54.8 Å². The van der Waals surface area contributed by atoms with E-state index >= 15 is 0 Å². The number of amides is 2. The molecule has 0 heterocycles. The van der Waals surface area contributed by atoms with Crippen molar-refractivity contribution < 1.29 is 9.59 Å². The normalized spacial score (nSPS) is 13.4. The molecule has 1 aliphatic carbocycles. The minimum atomic E-state index is -0.113. The number of carbonyl (C=O) groups excluding carboxylic acids is 2. The molecule has 1 fully saturated rings. The fourth-order valence-electron chi connectivity index (χ4n) is 2.61. The van der Waals surface area contributed by atoms with Gasteiger partial charge >= 0.3 is 0 Å². The van der Waals surface area contributed by atoms with Crippen molar-refractivity contribution in [3.8, 4) is 0 Å². The Morgan fingerprint density at radius 1 is 1.04 bits per heavy atom. The molecule has 0 spiro atoms. The van der Waals surface area contributed by atoms with E-state index in [-0.39, 0.29) is 11.8 Å². The molecule has 124 valence electrons. The minimum absolute atomic E-state index is 0.0181. The van der Waals surface area contributed by atoms with Crippen LogP contribution in [-0.4, -0.2) is 29.8 Å². The number of hydrogen-bond acceptors (Lipinski definition) is 2. The Morgan fingerprint density at radius 2 is 1.62 bits per heavy atom. The van der Waals surface area contributed by atoms with Crippen LogP contribution >= 0.6 is 11.6 Å². The second-order valence-corrected chi connectivity index (χ2v) is 6.38. The van der Waals surface area contributed by atoms with Gasteiger partial charge in [-0.3, -0.25) is 9.59 Å². The van der Waals surface area contributed by atoms with Crippen LogP contribution in [0.1, 0.15) is 39.1 Å². The summed E-state index contributed by atoms with van der Waals surface area (Å²) in [7, 11) is 1.61. The zero-order valence-corrected chi connectivity index (χ0v) is 14.2.